The van der Waals surface area contributed by atoms with Gasteiger partial charge in [-0.25, -0.2) is 0 Å². The second kappa shape index (κ2) is 6.35. The average Bonchev–Trinajstić information content (AvgIpc) is 2.34. The zero-order valence-electron chi connectivity index (χ0n) is 9.48. The topological polar surface area (TPSA) is 72.2 Å². The van der Waals surface area contributed by atoms with Crippen LogP contribution in [0.15, 0.2) is 18.2 Å². The molecule has 0 aliphatic heterocycles. The average molecular weight is 250 g/mol. The molecule has 1 rings (SSSR count). The molecule has 94 valence electrons. The van der Waals surface area contributed by atoms with Crippen molar-refractivity contribution in [3.05, 3.63) is 39.7 Å². The van der Waals surface area contributed by atoms with Gasteiger partial charge in [0.25, 0.3) is 5.91 Å². The van der Waals surface area contributed by atoms with Gasteiger partial charge in [0.15, 0.2) is 0 Å². The third-order valence-corrected chi connectivity index (χ3v) is 2.19. The smallest absolute Gasteiger partial charge is 0.305 e. The molecule has 0 heterocycles. The molecule has 0 atom stereocenters. The van der Waals surface area contributed by atoms with Crippen LogP contribution in [0, 0.1) is 28.3 Å². The molecule has 0 unspecified atom stereocenters. The zero-order valence-corrected chi connectivity index (χ0v) is 9.48. The molecule has 1 amide bonds. The van der Waals surface area contributed by atoms with Gasteiger partial charge in [0.2, 0.25) is 5.82 Å². The molecule has 0 fully saturated rings. The molecular formula is C12H11FN2O3. The van der Waals surface area contributed by atoms with Crippen LogP contribution < -0.4 is 5.32 Å². The number of halogens is 1. The first-order valence-electron chi connectivity index (χ1n) is 5.22. The molecule has 1 N–H and O–H groups in total. The van der Waals surface area contributed by atoms with E-state index in [-0.39, 0.29) is 5.56 Å². The van der Waals surface area contributed by atoms with Crippen molar-refractivity contribution in [2.24, 2.45) is 0 Å². The van der Waals surface area contributed by atoms with Gasteiger partial charge in [-0.1, -0.05) is 0 Å². The summed E-state index contributed by atoms with van der Waals surface area (Å²) in [6.45, 7) is 0.369. The van der Waals surface area contributed by atoms with E-state index < -0.39 is 22.3 Å². The van der Waals surface area contributed by atoms with Crippen LogP contribution in [-0.2, 0) is 0 Å². The summed E-state index contributed by atoms with van der Waals surface area (Å²) < 4.78 is 13.0. The van der Waals surface area contributed by atoms with Crippen LogP contribution in [0.1, 0.15) is 23.2 Å². The summed E-state index contributed by atoms with van der Waals surface area (Å²) in [4.78, 5) is 21.2. The molecule has 0 spiro atoms. The lowest BCUT2D eigenvalue weighted by Crippen LogP contribution is -2.24. The highest BCUT2D eigenvalue weighted by molar-refractivity contribution is 5.94. The van der Waals surface area contributed by atoms with Gasteiger partial charge in [-0.15, -0.1) is 12.3 Å². The standard InChI is InChI=1S/C12H11FN2O3/c1-2-3-4-7-14-12(16)9-5-6-10(13)11(8-9)15(17)18/h1,5-6,8H,3-4,7H2,(H,14,16). The van der Waals surface area contributed by atoms with Gasteiger partial charge in [-0.2, -0.15) is 4.39 Å². The summed E-state index contributed by atoms with van der Waals surface area (Å²) in [5.41, 5.74) is -0.671. The number of carbonyl (C=O) groups excluding carboxylic acids is 1. The maximum absolute atomic E-state index is 13.0. The van der Waals surface area contributed by atoms with Crippen LogP contribution in [0.3, 0.4) is 0 Å². The van der Waals surface area contributed by atoms with Crippen molar-refractivity contribution >= 4 is 11.6 Å². The highest BCUT2D eigenvalue weighted by atomic mass is 19.1. The lowest BCUT2D eigenvalue weighted by molar-refractivity contribution is -0.387. The molecule has 0 saturated carbocycles. The molecule has 6 heteroatoms. The maximum Gasteiger partial charge on any atom is 0.305 e. The second-order valence-corrected chi connectivity index (χ2v) is 3.49. The maximum atomic E-state index is 13.0. The third kappa shape index (κ3) is 3.56. The first-order valence-corrected chi connectivity index (χ1v) is 5.22. The van der Waals surface area contributed by atoms with Crippen LogP contribution in [0.5, 0.6) is 0 Å². The quantitative estimate of drug-likeness (QED) is 0.375. The fourth-order valence-electron chi connectivity index (χ4n) is 1.29. The predicted molar refractivity (Wildman–Crippen MR) is 63.5 cm³/mol. The molecular weight excluding hydrogens is 239 g/mol. The van der Waals surface area contributed by atoms with E-state index in [1.807, 2.05) is 0 Å². The van der Waals surface area contributed by atoms with E-state index in [1.54, 1.807) is 0 Å². The number of amides is 1. The Morgan fingerprint density at radius 3 is 2.89 bits per heavy atom. The predicted octanol–water partition coefficient (Wildman–Crippen LogP) is 1.88. The number of carbonyl (C=O) groups is 1. The van der Waals surface area contributed by atoms with Crippen molar-refractivity contribution in [1.82, 2.24) is 5.32 Å². The number of nitro benzene ring substituents is 1. The van der Waals surface area contributed by atoms with E-state index in [9.17, 15) is 19.3 Å². The van der Waals surface area contributed by atoms with E-state index in [0.29, 0.717) is 19.4 Å². The first kappa shape index (κ1) is 13.6. The lowest BCUT2D eigenvalue weighted by atomic mass is 10.2. The van der Waals surface area contributed by atoms with Crippen molar-refractivity contribution in [3.8, 4) is 12.3 Å². The number of nitro groups is 1. The van der Waals surface area contributed by atoms with Gasteiger partial charge in [-0.05, 0) is 18.6 Å². The molecule has 0 radical (unpaired) electrons. The van der Waals surface area contributed by atoms with E-state index in [1.165, 1.54) is 6.07 Å². The Labute approximate surface area is 103 Å². The van der Waals surface area contributed by atoms with Crippen molar-refractivity contribution in [3.63, 3.8) is 0 Å². The van der Waals surface area contributed by atoms with Crippen LogP contribution in [0.25, 0.3) is 0 Å². The Morgan fingerprint density at radius 1 is 1.56 bits per heavy atom. The third-order valence-electron chi connectivity index (χ3n) is 2.19. The van der Waals surface area contributed by atoms with Gasteiger partial charge in [0, 0.05) is 24.6 Å². The number of benzene rings is 1. The Hall–Kier alpha value is -2.42. The Bertz CT molecular complexity index is 509. The van der Waals surface area contributed by atoms with Gasteiger partial charge in [0.05, 0.1) is 4.92 Å². The summed E-state index contributed by atoms with van der Waals surface area (Å²) in [6.07, 6.45) is 6.20. The lowest BCUT2D eigenvalue weighted by Gasteiger charge is -2.04. The summed E-state index contributed by atoms with van der Waals surface area (Å²) in [5, 5.41) is 13.0. The molecule has 0 bridgehead atoms. The molecule has 0 saturated heterocycles. The fourth-order valence-corrected chi connectivity index (χ4v) is 1.29. The monoisotopic (exact) mass is 250 g/mol. The second-order valence-electron chi connectivity index (χ2n) is 3.49. The van der Waals surface area contributed by atoms with Gasteiger partial charge < -0.3 is 5.32 Å². The molecule has 1 aromatic rings. The van der Waals surface area contributed by atoms with Crippen molar-refractivity contribution < 1.29 is 14.1 Å². The number of unbranched alkanes of at least 4 members (excludes halogenated alkanes) is 1. The largest absolute Gasteiger partial charge is 0.352 e. The highest BCUT2D eigenvalue weighted by Gasteiger charge is 2.17. The number of rotatable bonds is 5. The minimum Gasteiger partial charge on any atom is -0.352 e. The Balaban J connectivity index is 2.72. The van der Waals surface area contributed by atoms with Crippen molar-refractivity contribution in [2.45, 2.75) is 12.8 Å². The van der Waals surface area contributed by atoms with E-state index in [2.05, 4.69) is 11.2 Å². The molecule has 0 aliphatic carbocycles. The fraction of sp³-hybridized carbons (Fsp3) is 0.250. The number of hydrogen-bond donors (Lipinski definition) is 1. The number of hydrogen-bond acceptors (Lipinski definition) is 3. The van der Waals surface area contributed by atoms with E-state index in [4.69, 9.17) is 6.42 Å². The first-order chi connectivity index (χ1) is 8.56. The van der Waals surface area contributed by atoms with Crippen LogP contribution in [0.4, 0.5) is 10.1 Å². The summed E-state index contributed by atoms with van der Waals surface area (Å²) in [5.74, 6) is 0.963. The number of nitrogens with one attached hydrogen (secondary N) is 1. The molecule has 1 aromatic carbocycles. The molecule has 0 aromatic heterocycles. The van der Waals surface area contributed by atoms with E-state index >= 15 is 0 Å². The summed E-state index contributed by atoms with van der Waals surface area (Å²) >= 11 is 0. The summed E-state index contributed by atoms with van der Waals surface area (Å²) in [6, 6.07) is 3.00. The zero-order chi connectivity index (χ0) is 13.5. The number of terminal acetylenes is 1. The van der Waals surface area contributed by atoms with Gasteiger partial charge >= 0.3 is 5.69 Å². The normalized spacial score (nSPS) is 9.56. The van der Waals surface area contributed by atoms with Crippen molar-refractivity contribution in [2.75, 3.05) is 6.54 Å². The molecule has 0 aliphatic rings. The van der Waals surface area contributed by atoms with Crippen molar-refractivity contribution in [1.29, 1.82) is 0 Å². The highest BCUT2D eigenvalue weighted by Crippen LogP contribution is 2.18. The number of nitrogens with zero attached hydrogens (tertiary/aromatic N) is 1. The van der Waals surface area contributed by atoms with Gasteiger partial charge in [-0.3, -0.25) is 14.9 Å². The van der Waals surface area contributed by atoms with Crippen LogP contribution in [0.2, 0.25) is 0 Å². The summed E-state index contributed by atoms with van der Waals surface area (Å²) in [7, 11) is 0. The van der Waals surface area contributed by atoms with Crippen LogP contribution >= 0.6 is 0 Å². The molecule has 18 heavy (non-hydrogen) atoms. The van der Waals surface area contributed by atoms with Gasteiger partial charge in [0.1, 0.15) is 0 Å². The SMILES string of the molecule is C#CCCCNC(=O)c1ccc(F)c([N+](=O)[O-])c1. The van der Waals surface area contributed by atoms with Crippen LogP contribution in [-0.4, -0.2) is 17.4 Å². The van der Waals surface area contributed by atoms with E-state index in [0.717, 1.165) is 12.1 Å². The molecule has 5 nitrogen and oxygen atoms in total. The Kier molecular flexibility index (Phi) is 4.81. The minimum absolute atomic E-state index is 0.0452. The Morgan fingerprint density at radius 2 is 2.28 bits per heavy atom. The minimum atomic E-state index is -0.969.